The summed E-state index contributed by atoms with van der Waals surface area (Å²) in [5, 5.41) is 6.95. The molecule has 128 valence electrons. The fraction of sp³-hybridized carbons (Fsp3) is 0.312. The molecule has 6 nitrogen and oxygen atoms in total. The first kappa shape index (κ1) is 18.3. The lowest BCUT2D eigenvalue weighted by Gasteiger charge is -2.21. The van der Waals surface area contributed by atoms with Gasteiger partial charge in [0.2, 0.25) is 5.91 Å². The monoisotopic (exact) mass is 369 g/mol. The van der Waals surface area contributed by atoms with Gasteiger partial charge in [-0.25, -0.2) is 0 Å². The van der Waals surface area contributed by atoms with Crippen LogP contribution in [-0.2, 0) is 4.79 Å². The lowest BCUT2D eigenvalue weighted by Crippen LogP contribution is -2.38. The maximum absolute atomic E-state index is 12.6. The molecule has 1 N–H and O–H groups in total. The molecule has 1 aromatic carbocycles. The Morgan fingerprint density at radius 2 is 2.00 bits per heavy atom. The van der Waals surface area contributed by atoms with Crippen molar-refractivity contribution in [2.24, 2.45) is 0 Å². The van der Waals surface area contributed by atoms with Crippen LogP contribution in [0.15, 0.2) is 28.8 Å². The summed E-state index contributed by atoms with van der Waals surface area (Å²) in [5.74, 6) is 0.255. The molecule has 0 aliphatic heterocycles. The third-order valence-electron chi connectivity index (χ3n) is 3.18. The van der Waals surface area contributed by atoms with Crippen LogP contribution in [0.1, 0.15) is 29.5 Å². The van der Waals surface area contributed by atoms with Gasteiger partial charge in [0.15, 0.2) is 5.82 Å². The van der Waals surface area contributed by atoms with Gasteiger partial charge in [-0.2, -0.15) is 0 Å². The molecule has 0 radical (unpaired) electrons. The average Bonchev–Trinajstić information content (AvgIpc) is 2.93. The summed E-state index contributed by atoms with van der Waals surface area (Å²) in [4.78, 5) is 26.2. The number of amides is 2. The number of nitrogens with one attached hydrogen (secondary N) is 1. The van der Waals surface area contributed by atoms with E-state index in [0.717, 1.165) is 0 Å². The highest BCUT2D eigenvalue weighted by molar-refractivity contribution is 6.42. The first-order valence-corrected chi connectivity index (χ1v) is 8.13. The maximum atomic E-state index is 12.6. The van der Waals surface area contributed by atoms with E-state index in [1.807, 2.05) is 6.92 Å². The second-order valence-corrected chi connectivity index (χ2v) is 6.04. The molecule has 2 amide bonds. The Balaban J connectivity index is 2.08. The number of hydrogen-bond acceptors (Lipinski definition) is 4. The predicted molar refractivity (Wildman–Crippen MR) is 92.5 cm³/mol. The second-order valence-electron chi connectivity index (χ2n) is 5.23. The molecule has 8 heteroatoms. The highest BCUT2D eigenvalue weighted by Gasteiger charge is 2.19. The lowest BCUT2D eigenvalue weighted by atomic mass is 10.2. The SMILES string of the molecule is CCCN(CC(=O)Nc1cc(C)on1)C(=O)c1ccc(Cl)c(Cl)c1. The summed E-state index contributed by atoms with van der Waals surface area (Å²) in [5.41, 5.74) is 0.378. The first-order valence-electron chi connectivity index (χ1n) is 7.38. The third-order valence-corrected chi connectivity index (χ3v) is 3.92. The van der Waals surface area contributed by atoms with E-state index in [1.54, 1.807) is 25.1 Å². The van der Waals surface area contributed by atoms with Crippen molar-refractivity contribution >= 4 is 40.8 Å². The molecule has 0 spiro atoms. The number of hydrogen-bond donors (Lipinski definition) is 1. The van der Waals surface area contributed by atoms with Gasteiger partial charge in [0.1, 0.15) is 12.3 Å². The quantitative estimate of drug-likeness (QED) is 0.840. The summed E-state index contributed by atoms with van der Waals surface area (Å²) in [6.07, 6.45) is 0.712. The zero-order chi connectivity index (χ0) is 17.7. The molecule has 2 aromatic rings. The summed E-state index contributed by atoms with van der Waals surface area (Å²) in [6.45, 7) is 3.98. The molecule has 0 saturated carbocycles. The second kappa shape index (κ2) is 8.17. The van der Waals surface area contributed by atoms with Crippen LogP contribution in [0.25, 0.3) is 0 Å². The Morgan fingerprint density at radius 1 is 1.25 bits per heavy atom. The van der Waals surface area contributed by atoms with Crippen molar-refractivity contribution in [2.45, 2.75) is 20.3 Å². The van der Waals surface area contributed by atoms with Crippen molar-refractivity contribution in [1.29, 1.82) is 0 Å². The van der Waals surface area contributed by atoms with Gasteiger partial charge in [0, 0.05) is 18.2 Å². The van der Waals surface area contributed by atoms with E-state index >= 15 is 0 Å². The van der Waals surface area contributed by atoms with Gasteiger partial charge in [-0.15, -0.1) is 0 Å². The average molecular weight is 370 g/mol. The van der Waals surface area contributed by atoms with E-state index in [1.165, 1.54) is 11.0 Å². The van der Waals surface area contributed by atoms with Gasteiger partial charge in [0.25, 0.3) is 5.91 Å². The highest BCUT2D eigenvalue weighted by atomic mass is 35.5. The van der Waals surface area contributed by atoms with Crippen molar-refractivity contribution in [2.75, 3.05) is 18.4 Å². The molecule has 0 fully saturated rings. The van der Waals surface area contributed by atoms with Gasteiger partial charge >= 0.3 is 0 Å². The number of carbonyl (C=O) groups excluding carboxylic acids is 2. The molecular formula is C16H17Cl2N3O3. The van der Waals surface area contributed by atoms with E-state index in [-0.39, 0.29) is 18.4 Å². The fourth-order valence-electron chi connectivity index (χ4n) is 2.12. The number of carbonyl (C=O) groups is 2. The van der Waals surface area contributed by atoms with Crippen LogP contribution in [0.2, 0.25) is 10.0 Å². The first-order chi connectivity index (χ1) is 11.4. The van der Waals surface area contributed by atoms with E-state index in [4.69, 9.17) is 27.7 Å². The highest BCUT2D eigenvalue weighted by Crippen LogP contribution is 2.23. The Kier molecular flexibility index (Phi) is 6.23. The molecule has 1 heterocycles. The van der Waals surface area contributed by atoms with E-state index in [2.05, 4.69) is 10.5 Å². The van der Waals surface area contributed by atoms with Crippen molar-refractivity contribution in [3.05, 3.63) is 45.6 Å². The molecular weight excluding hydrogens is 353 g/mol. The molecule has 24 heavy (non-hydrogen) atoms. The summed E-state index contributed by atoms with van der Waals surface area (Å²) < 4.78 is 4.89. The minimum atomic E-state index is -0.356. The number of halogens is 2. The van der Waals surface area contributed by atoms with Crippen LogP contribution in [0.3, 0.4) is 0 Å². The predicted octanol–water partition coefficient (Wildman–Crippen LogP) is 3.78. The van der Waals surface area contributed by atoms with E-state index in [9.17, 15) is 9.59 Å². The van der Waals surface area contributed by atoms with Crippen molar-refractivity contribution < 1.29 is 14.1 Å². The molecule has 0 saturated heterocycles. The summed E-state index contributed by atoms with van der Waals surface area (Å²) >= 11 is 11.8. The van der Waals surface area contributed by atoms with Crippen LogP contribution in [0.4, 0.5) is 5.82 Å². The minimum absolute atomic E-state index is 0.0984. The lowest BCUT2D eigenvalue weighted by molar-refractivity contribution is -0.116. The Labute approximate surface area is 149 Å². The summed E-state index contributed by atoms with van der Waals surface area (Å²) in [6, 6.07) is 6.23. The minimum Gasteiger partial charge on any atom is -0.360 e. The molecule has 0 bridgehead atoms. The van der Waals surface area contributed by atoms with Crippen LogP contribution in [-0.4, -0.2) is 35.0 Å². The number of rotatable bonds is 6. The van der Waals surface area contributed by atoms with E-state index < -0.39 is 0 Å². The van der Waals surface area contributed by atoms with Crippen LogP contribution in [0.5, 0.6) is 0 Å². The fourth-order valence-corrected chi connectivity index (χ4v) is 2.41. The largest absolute Gasteiger partial charge is 0.360 e. The number of aromatic nitrogens is 1. The molecule has 0 aliphatic carbocycles. The van der Waals surface area contributed by atoms with Crippen molar-refractivity contribution in [3.63, 3.8) is 0 Å². The van der Waals surface area contributed by atoms with Gasteiger partial charge in [-0.1, -0.05) is 35.3 Å². The standard InChI is InChI=1S/C16H17Cl2N3O3/c1-3-6-21(9-15(22)19-14-7-10(2)24-20-14)16(23)11-4-5-12(17)13(18)8-11/h4-5,7-8H,3,6,9H2,1-2H3,(H,19,20,22). The van der Waals surface area contributed by atoms with Gasteiger partial charge in [0.05, 0.1) is 10.0 Å². The topological polar surface area (TPSA) is 75.4 Å². The van der Waals surface area contributed by atoms with E-state index in [0.29, 0.717) is 40.2 Å². The number of nitrogens with zero attached hydrogens (tertiary/aromatic N) is 2. The normalized spacial score (nSPS) is 10.5. The molecule has 0 unspecified atom stereocenters. The molecule has 1 aromatic heterocycles. The molecule has 2 rings (SSSR count). The zero-order valence-electron chi connectivity index (χ0n) is 13.3. The van der Waals surface area contributed by atoms with Gasteiger partial charge in [-0.3, -0.25) is 9.59 Å². The van der Waals surface area contributed by atoms with Crippen molar-refractivity contribution in [3.8, 4) is 0 Å². The number of anilines is 1. The van der Waals surface area contributed by atoms with Gasteiger partial charge in [-0.05, 0) is 31.5 Å². The zero-order valence-corrected chi connectivity index (χ0v) is 14.8. The third kappa shape index (κ3) is 4.72. The Bertz CT molecular complexity index is 746. The smallest absolute Gasteiger partial charge is 0.254 e. The Morgan fingerprint density at radius 3 is 2.58 bits per heavy atom. The van der Waals surface area contributed by atoms with Crippen LogP contribution in [0, 0.1) is 6.92 Å². The maximum Gasteiger partial charge on any atom is 0.254 e. The van der Waals surface area contributed by atoms with Crippen LogP contribution < -0.4 is 5.32 Å². The molecule has 0 aliphatic rings. The summed E-state index contributed by atoms with van der Waals surface area (Å²) in [7, 11) is 0. The molecule has 0 atom stereocenters. The van der Waals surface area contributed by atoms with Crippen molar-refractivity contribution in [1.82, 2.24) is 10.1 Å². The number of benzene rings is 1. The van der Waals surface area contributed by atoms with Crippen LogP contribution >= 0.6 is 23.2 Å². The Hall–Kier alpha value is -2.05. The number of aryl methyl sites for hydroxylation is 1. The van der Waals surface area contributed by atoms with Gasteiger partial charge < -0.3 is 14.7 Å².